The lowest BCUT2D eigenvalue weighted by molar-refractivity contribution is -0.123. The Balaban J connectivity index is 1.92. The molecule has 0 atom stereocenters. The van der Waals surface area contributed by atoms with E-state index in [0.717, 1.165) is 22.4 Å². The third-order valence-electron chi connectivity index (χ3n) is 3.43. The monoisotopic (exact) mass is 311 g/mol. The van der Waals surface area contributed by atoms with Crippen molar-refractivity contribution >= 4 is 17.3 Å². The number of nitrogens with one attached hydrogen (secondary N) is 1. The quantitative estimate of drug-likeness (QED) is 0.506. The molecule has 5 heteroatoms. The number of carbonyl (C=O) groups is 1. The lowest BCUT2D eigenvalue weighted by Crippen LogP contribution is -2.26. The van der Waals surface area contributed by atoms with Crippen LogP contribution < -0.4 is 15.9 Å². The van der Waals surface area contributed by atoms with Crippen LogP contribution in [0.15, 0.2) is 47.6 Å². The molecule has 0 aliphatic carbocycles. The molecule has 1 amide bonds. The Morgan fingerprint density at radius 1 is 1.13 bits per heavy atom. The van der Waals surface area contributed by atoms with Gasteiger partial charge in [-0.2, -0.15) is 5.10 Å². The van der Waals surface area contributed by atoms with Crippen LogP contribution in [0.1, 0.15) is 23.6 Å². The van der Waals surface area contributed by atoms with Crippen LogP contribution in [0.5, 0.6) is 5.75 Å². The first kappa shape index (κ1) is 16.5. The highest BCUT2D eigenvalue weighted by molar-refractivity contribution is 5.99. The SMILES string of the molecule is C/C(=N\NC(=O)COc1c(C)cccc1C)c1ccc(N)cc1. The van der Waals surface area contributed by atoms with Gasteiger partial charge in [0.2, 0.25) is 0 Å². The molecule has 2 aromatic rings. The molecule has 0 aliphatic rings. The predicted octanol–water partition coefficient (Wildman–Crippen LogP) is 2.80. The molecule has 0 saturated carbocycles. The number of nitrogens with two attached hydrogens (primary N) is 1. The zero-order valence-electron chi connectivity index (χ0n) is 13.6. The normalized spacial score (nSPS) is 11.2. The van der Waals surface area contributed by atoms with Crippen molar-refractivity contribution in [2.24, 2.45) is 5.10 Å². The van der Waals surface area contributed by atoms with E-state index in [2.05, 4.69) is 10.5 Å². The van der Waals surface area contributed by atoms with Crippen LogP contribution in [0.4, 0.5) is 5.69 Å². The molecule has 120 valence electrons. The summed E-state index contributed by atoms with van der Waals surface area (Å²) in [4.78, 5) is 11.9. The molecule has 0 unspecified atom stereocenters. The molecule has 2 aromatic carbocycles. The Morgan fingerprint density at radius 3 is 2.35 bits per heavy atom. The van der Waals surface area contributed by atoms with Crippen LogP contribution >= 0.6 is 0 Å². The molecule has 2 rings (SSSR count). The number of hydrogen-bond donors (Lipinski definition) is 2. The number of nitrogen functional groups attached to an aromatic ring is 1. The molecular weight excluding hydrogens is 290 g/mol. The number of hydrazone groups is 1. The average Bonchev–Trinajstić information content (AvgIpc) is 2.53. The first-order valence-electron chi connectivity index (χ1n) is 7.35. The number of rotatable bonds is 5. The van der Waals surface area contributed by atoms with E-state index in [1.807, 2.05) is 51.1 Å². The number of carbonyl (C=O) groups excluding carboxylic acids is 1. The van der Waals surface area contributed by atoms with E-state index in [4.69, 9.17) is 10.5 Å². The molecule has 3 N–H and O–H groups in total. The number of ether oxygens (including phenoxy) is 1. The number of amides is 1. The second-order valence-electron chi connectivity index (χ2n) is 5.36. The van der Waals surface area contributed by atoms with Gasteiger partial charge < -0.3 is 10.5 Å². The van der Waals surface area contributed by atoms with Crippen molar-refractivity contribution in [1.29, 1.82) is 0 Å². The summed E-state index contributed by atoms with van der Waals surface area (Å²) in [7, 11) is 0. The number of benzene rings is 2. The molecule has 0 bridgehead atoms. The van der Waals surface area contributed by atoms with Crippen molar-refractivity contribution in [2.45, 2.75) is 20.8 Å². The van der Waals surface area contributed by atoms with Gasteiger partial charge in [0, 0.05) is 5.69 Å². The Kier molecular flexibility index (Phi) is 5.36. The van der Waals surface area contributed by atoms with Crippen molar-refractivity contribution in [3.63, 3.8) is 0 Å². The zero-order valence-corrected chi connectivity index (χ0v) is 13.6. The molecule has 0 fully saturated rings. The van der Waals surface area contributed by atoms with Crippen LogP contribution in [0.25, 0.3) is 0 Å². The fraction of sp³-hybridized carbons (Fsp3) is 0.222. The van der Waals surface area contributed by atoms with Gasteiger partial charge >= 0.3 is 0 Å². The molecular formula is C18H21N3O2. The largest absolute Gasteiger partial charge is 0.483 e. The Bertz CT molecular complexity index is 701. The fourth-order valence-corrected chi connectivity index (χ4v) is 2.13. The van der Waals surface area contributed by atoms with Gasteiger partial charge in [-0.1, -0.05) is 30.3 Å². The van der Waals surface area contributed by atoms with Gasteiger partial charge in [-0.25, -0.2) is 5.43 Å². The maximum absolute atomic E-state index is 11.9. The molecule has 0 radical (unpaired) electrons. The maximum atomic E-state index is 11.9. The molecule has 23 heavy (non-hydrogen) atoms. The van der Waals surface area contributed by atoms with Crippen molar-refractivity contribution in [3.8, 4) is 5.75 Å². The predicted molar refractivity (Wildman–Crippen MR) is 92.6 cm³/mol. The van der Waals surface area contributed by atoms with Gasteiger partial charge in [0.15, 0.2) is 6.61 Å². The van der Waals surface area contributed by atoms with Crippen molar-refractivity contribution in [1.82, 2.24) is 5.43 Å². The molecule has 0 aromatic heterocycles. The maximum Gasteiger partial charge on any atom is 0.277 e. The van der Waals surface area contributed by atoms with Crippen LogP contribution in [0.2, 0.25) is 0 Å². The second-order valence-corrected chi connectivity index (χ2v) is 5.36. The van der Waals surface area contributed by atoms with Crippen LogP contribution in [-0.2, 0) is 4.79 Å². The number of anilines is 1. The Labute approximate surface area is 136 Å². The van der Waals surface area contributed by atoms with Gasteiger partial charge in [-0.15, -0.1) is 0 Å². The molecule has 5 nitrogen and oxygen atoms in total. The van der Waals surface area contributed by atoms with E-state index in [-0.39, 0.29) is 12.5 Å². The minimum absolute atomic E-state index is 0.0792. The summed E-state index contributed by atoms with van der Waals surface area (Å²) in [6.45, 7) is 5.63. The summed E-state index contributed by atoms with van der Waals surface area (Å²) < 4.78 is 5.59. The first-order chi connectivity index (χ1) is 11.0. The van der Waals surface area contributed by atoms with E-state index < -0.39 is 0 Å². The highest BCUT2D eigenvalue weighted by Crippen LogP contribution is 2.21. The summed E-state index contributed by atoms with van der Waals surface area (Å²) >= 11 is 0. The second kappa shape index (κ2) is 7.45. The summed E-state index contributed by atoms with van der Waals surface area (Å²) in [6, 6.07) is 13.1. The fourth-order valence-electron chi connectivity index (χ4n) is 2.13. The van der Waals surface area contributed by atoms with E-state index in [1.165, 1.54) is 0 Å². The zero-order chi connectivity index (χ0) is 16.8. The number of aryl methyl sites for hydroxylation is 2. The van der Waals surface area contributed by atoms with Crippen molar-refractivity contribution < 1.29 is 9.53 Å². The standard InChI is InChI=1S/C18H21N3O2/c1-12-5-4-6-13(2)18(12)23-11-17(22)21-20-14(3)15-7-9-16(19)10-8-15/h4-10H,11,19H2,1-3H3,(H,21,22)/b20-14+. The van der Waals surface area contributed by atoms with E-state index in [1.54, 1.807) is 12.1 Å². The summed E-state index contributed by atoms with van der Waals surface area (Å²) in [6.07, 6.45) is 0. The third-order valence-corrected chi connectivity index (χ3v) is 3.43. The summed E-state index contributed by atoms with van der Waals surface area (Å²) in [5.41, 5.74) is 12.4. The lowest BCUT2D eigenvalue weighted by atomic mass is 10.1. The Morgan fingerprint density at radius 2 is 1.74 bits per heavy atom. The van der Waals surface area contributed by atoms with Crippen LogP contribution in [0.3, 0.4) is 0 Å². The average molecular weight is 311 g/mol. The lowest BCUT2D eigenvalue weighted by Gasteiger charge is -2.11. The molecule has 0 heterocycles. The van der Waals surface area contributed by atoms with Gasteiger partial charge in [0.25, 0.3) is 5.91 Å². The van der Waals surface area contributed by atoms with E-state index in [0.29, 0.717) is 11.4 Å². The van der Waals surface area contributed by atoms with Gasteiger partial charge in [0.1, 0.15) is 5.75 Å². The highest BCUT2D eigenvalue weighted by atomic mass is 16.5. The smallest absolute Gasteiger partial charge is 0.277 e. The van der Waals surface area contributed by atoms with Crippen molar-refractivity contribution in [3.05, 3.63) is 59.2 Å². The number of nitrogens with zero attached hydrogens (tertiary/aromatic N) is 1. The highest BCUT2D eigenvalue weighted by Gasteiger charge is 2.07. The van der Waals surface area contributed by atoms with Gasteiger partial charge in [-0.3, -0.25) is 4.79 Å². The number of hydrogen-bond acceptors (Lipinski definition) is 4. The third kappa shape index (κ3) is 4.57. The van der Waals surface area contributed by atoms with Gasteiger partial charge in [-0.05, 0) is 49.6 Å². The topological polar surface area (TPSA) is 76.7 Å². The molecule has 0 spiro atoms. The molecule has 0 saturated heterocycles. The van der Waals surface area contributed by atoms with Gasteiger partial charge in [0.05, 0.1) is 5.71 Å². The Hall–Kier alpha value is -2.82. The van der Waals surface area contributed by atoms with Crippen LogP contribution in [0, 0.1) is 13.8 Å². The van der Waals surface area contributed by atoms with E-state index in [9.17, 15) is 4.79 Å². The summed E-state index contributed by atoms with van der Waals surface area (Å²) in [5.74, 6) is 0.435. The summed E-state index contributed by atoms with van der Waals surface area (Å²) in [5, 5.41) is 4.08. The van der Waals surface area contributed by atoms with Crippen LogP contribution in [-0.4, -0.2) is 18.2 Å². The first-order valence-corrected chi connectivity index (χ1v) is 7.35. The minimum atomic E-state index is -0.303. The number of para-hydroxylation sites is 1. The van der Waals surface area contributed by atoms with Crippen molar-refractivity contribution in [2.75, 3.05) is 12.3 Å². The molecule has 0 aliphatic heterocycles. The van der Waals surface area contributed by atoms with E-state index >= 15 is 0 Å². The minimum Gasteiger partial charge on any atom is -0.483 e.